The van der Waals surface area contributed by atoms with Crippen molar-refractivity contribution in [3.05, 3.63) is 94.5 Å². The SMILES string of the molecule is COc1ccc(NC(=O)C2(c3ccc(Cl)cc3)Cc3ccccc3C2)cc1. The first kappa shape index (κ1) is 17.6. The summed E-state index contributed by atoms with van der Waals surface area (Å²) >= 11 is 6.08. The van der Waals surface area contributed by atoms with E-state index in [1.54, 1.807) is 7.11 Å². The molecule has 4 heteroatoms. The number of amides is 1. The Morgan fingerprint density at radius 3 is 2.07 bits per heavy atom. The smallest absolute Gasteiger partial charge is 0.235 e. The normalized spacial score (nSPS) is 14.4. The van der Waals surface area contributed by atoms with Crippen LogP contribution in [0, 0.1) is 0 Å². The van der Waals surface area contributed by atoms with E-state index in [1.807, 2.05) is 60.7 Å². The third kappa shape index (κ3) is 3.31. The molecule has 3 nitrogen and oxygen atoms in total. The molecule has 4 rings (SSSR count). The Kier molecular flexibility index (Phi) is 4.63. The molecular weight excluding hydrogens is 358 g/mol. The van der Waals surface area contributed by atoms with Gasteiger partial charge in [0.1, 0.15) is 5.75 Å². The van der Waals surface area contributed by atoms with E-state index in [0.717, 1.165) is 17.0 Å². The van der Waals surface area contributed by atoms with Crippen LogP contribution in [0.1, 0.15) is 16.7 Å². The Hall–Kier alpha value is -2.78. The maximum atomic E-state index is 13.5. The number of hydrogen-bond acceptors (Lipinski definition) is 2. The molecule has 27 heavy (non-hydrogen) atoms. The molecule has 0 aromatic heterocycles. The molecule has 0 spiro atoms. The zero-order valence-electron chi connectivity index (χ0n) is 15.0. The highest BCUT2D eigenvalue weighted by Crippen LogP contribution is 2.41. The van der Waals surface area contributed by atoms with Crippen molar-refractivity contribution in [2.24, 2.45) is 0 Å². The van der Waals surface area contributed by atoms with Gasteiger partial charge in [-0.05, 0) is 65.9 Å². The van der Waals surface area contributed by atoms with Crippen LogP contribution in [0.15, 0.2) is 72.8 Å². The Bertz CT molecular complexity index is 939. The molecule has 0 atom stereocenters. The molecule has 0 saturated carbocycles. The Morgan fingerprint density at radius 1 is 0.926 bits per heavy atom. The minimum absolute atomic E-state index is 0.00816. The van der Waals surface area contributed by atoms with Crippen LogP contribution in [-0.2, 0) is 23.1 Å². The van der Waals surface area contributed by atoms with Gasteiger partial charge in [-0.1, -0.05) is 48.0 Å². The van der Waals surface area contributed by atoms with Gasteiger partial charge in [-0.25, -0.2) is 0 Å². The van der Waals surface area contributed by atoms with Crippen LogP contribution in [0.4, 0.5) is 5.69 Å². The number of benzene rings is 3. The lowest BCUT2D eigenvalue weighted by atomic mass is 9.76. The third-order valence-electron chi connectivity index (χ3n) is 5.28. The average Bonchev–Trinajstić information content (AvgIpc) is 3.10. The van der Waals surface area contributed by atoms with Crippen molar-refractivity contribution in [1.82, 2.24) is 0 Å². The maximum Gasteiger partial charge on any atom is 0.235 e. The van der Waals surface area contributed by atoms with Crippen LogP contribution in [0.3, 0.4) is 0 Å². The molecule has 0 heterocycles. The summed E-state index contributed by atoms with van der Waals surface area (Å²) in [6.07, 6.45) is 1.35. The second kappa shape index (κ2) is 7.09. The number of carbonyl (C=O) groups excluding carboxylic acids is 1. The summed E-state index contributed by atoms with van der Waals surface area (Å²) in [6.45, 7) is 0. The van der Waals surface area contributed by atoms with E-state index in [2.05, 4.69) is 17.4 Å². The van der Waals surface area contributed by atoms with Gasteiger partial charge in [0.05, 0.1) is 12.5 Å². The fraction of sp³-hybridized carbons (Fsp3) is 0.174. The van der Waals surface area contributed by atoms with Crippen molar-refractivity contribution in [2.45, 2.75) is 18.3 Å². The molecule has 1 aliphatic carbocycles. The van der Waals surface area contributed by atoms with Crippen molar-refractivity contribution in [2.75, 3.05) is 12.4 Å². The van der Waals surface area contributed by atoms with Gasteiger partial charge in [-0.2, -0.15) is 0 Å². The van der Waals surface area contributed by atoms with E-state index in [0.29, 0.717) is 17.9 Å². The summed E-state index contributed by atoms with van der Waals surface area (Å²) < 4.78 is 5.19. The largest absolute Gasteiger partial charge is 0.497 e. The minimum Gasteiger partial charge on any atom is -0.497 e. The highest BCUT2D eigenvalue weighted by Gasteiger charge is 2.45. The molecule has 0 saturated heterocycles. The minimum atomic E-state index is -0.645. The second-order valence-electron chi connectivity index (χ2n) is 6.89. The first-order chi connectivity index (χ1) is 13.1. The van der Waals surface area contributed by atoms with Gasteiger partial charge in [-0.3, -0.25) is 4.79 Å². The molecule has 3 aromatic carbocycles. The van der Waals surface area contributed by atoms with Crippen LogP contribution >= 0.6 is 11.6 Å². The molecule has 0 radical (unpaired) electrons. The van der Waals surface area contributed by atoms with Gasteiger partial charge in [0.15, 0.2) is 0 Å². The van der Waals surface area contributed by atoms with E-state index in [4.69, 9.17) is 16.3 Å². The standard InChI is InChI=1S/C23H20ClNO2/c1-27-21-12-10-20(11-13-21)25-22(26)23(18-6-8-19(24)9-7-18)14-16-4-2-3-5-17(16)15-23/h2-13H,14-15H2,1H3,(H,25,26). The van der Waals surface area contributed by atoms with Crippen LogP contribution in [0.2, 0.25) is 5.02 Å². The van der Waals surface area contributed by atoms with Crippen LogP contribution in [-0.4, -0.2) is 13.0 Å². The molecule has 0 bridgehead atoms. The predicted molar refractivity (Wildman–Crippen MR) is 109 cm³/mol. The molecule has 136 valence electrons. The third-order valence-corrected chi connectivity index (χ3v) is 5.53. The monoisotopic (exact) mass is 377 g/mol. The molecule has 3 aromatic rings. The number of ether oxygens (including phenoxy) is 1. The number of carbonyl (C=O) groups is 1. The first-order valence-electron chi connectivity index (χ1n) is 8.89. The van der Waals surface area contributed by atoms with Crippen LogP contribution in [0.5, 0.6) is 5.75 Å². The number of fused-ring (bicyclic) bond motifs is 1. The summed E-state index contributed by atoms with van der Waals surface area (Å²) in [4.78, 5) is 13.5. The molecule has 0 fully saturated rings. The van der Waals surface area contributed by atoms with Crippen molar-refractivity contribution in [3.63, 3.8) is 0 Å². The van der Waals surface area contributed by atoms with E-state index in [9.17, 15) is 4.79 Å². The van der Waals surface area contributed by atoms with Gasteiger partial charge < -0.3 is 10.1 Å². The summed E-state index contributed by atoms with van der Waals surface area (Å²) in [5, 5.41) is 3.76. The molecule has 1 aliphatic rings. The average molecular weight is 378 g/mol. The second-order valence-corrected chi connectivity index (χ2v) is 7.33. The van der Waals surface area contributed by atoms with Gasteiger partial charge >= 0.3 is 0 Å². The number of halogens is 1. The number of rotatable bonds is 4. The van der Waals surface area contributed by atoms with Gasteiger partial charge in [0.2, 0.25) is 5.91 Å². The zero-order chi connectivity index (χ0) is 18.9. The van der Waals surface area contributed by atoms with Crippen molar-refractivity contribution in [3.8, 4) is 5.75 Å². The Morgan fingerprint density at radius 2 is 1.52 bits per heavy atom. The molecule has 0 unspecified atom stereocenters. The van der Waals surface area contributed by atoms with Crippen molar-refractivity contribution in [1.29, 1.82) is 0 Å². The van der Waals surface area contributed by atoms with Crippen LogP contribution in [0.25, 0.3) is 0 Å². The van der Waals surface area contributed by atoms with E-state index in [-0.39, 0.29) is 5.91 Å². The summed E-state index contributed by atoms with van der Waals surface area (Å²) in [6, 6.07) is 23.3. The van der Waals surface area contributed by atoms with E-state index < -0.39 is 5.41 Å². The highest BCUT2D eigenvalue weighted by molar-refractivity contribution is 6.30. The van der Waals surface area contributed by atoms with Gasteiger partial charge in [0, 0.05) is 10.7 Å². The molecular formula is C23H20ClNO2. The van der Waals surface area contributed by atoms with Crippen molar-refractivity contribution >= 4 is 23.2 Å². The number of nitrogens with one attached hydrogen (secondary N) is 1. The zero-order valence-corrected chi connectivity index (χ0v) is 15.8. The lowest BCUT2D eigenvalue weighted by molar-refractivity contribution is -0.121. The van der Waals surface area contributed by atoms with E-state index in [1.165, 1.54) is 11.1 Å². The highest BCUT2D eigenvalue weighted by atomic mass is 35.5. The number of methoxy groups -OCH3 is 1. The lowest BCUT2D eigenvalue weighted by Gasteiger charge is -2.28. The van der Waals surface area contributed by atoms with Crippen LogP contribution < -0.4 is 10.1 Å². The number of anilines is 1. The molecule has 0 aliphatic heterocycles. The van der Waals surface area contributed by atoms with Gasteiger partial charge in [0.25, 0.3) is 0 Å². The quantitative estimate of drug-likeness (QED) is 0.693. The lowest BCUT2D eigenvalue weighted by Crippen LogP contribution is -2.41. The summed E-state index contributed by atoms with van der Waals surface area (Å²) in [5.41, 5.74) is 3.53. The van der Waals surface area contributed by atoms with Crippen molar-refractivity contribution < 1.29 is 9.53 Å². The molecule has 1 N–H and O–H groups in total. The summed E-state index contributed by atoms with van der Waals surface area (Å²) in [7, 11) is 1.62. The fourth-order valence-corrected chi connectivity index (χ4v) is 3.93. The first-order valence-corrected chi connectivity index (χ1v) is 9.27. The van der Waals surface area contributed by atoms with Gasteiger partial charge in [-0.15, -0.1) is 0 Å². The summed E-state index contributed by atoms with van der Waals surface area (Å²) in [5.74, 6) is 0.750. The predicted octanol–water partition coefficient (Wildman–Crippen LogP) is 5.02. The number of hydrogen-bond donors (Lipinski definition) is 1. The Labute approximate surface area is 163 Å². The fourth-order valence-electron chi connectivity index (χ4n) is 3.80. The Balaban J connectivity index is 1.70. The van der Waals surface area contributed by atoms with E-state index >= 15 is 0 Å². The maximum absolute atomic E-state index is 13.5. The molecule has 1 amide bonds. The topological polar surface area (TPSA) is 38.3 Å².